The van der Waals surface area contributed by atoms with E-state index in [1.807, 2.05) is 18.0 Å². The zero-order valence-electron chi connectivity index (χ0n) is 16.5. The summed E-state index contributed by atoms with van der Waals surface area (Å²) >= 11 is 0. The molecule has 140 valence electrons. The summed E-state index contributed by atoms with van der Waals surface area (Å²) in [7, 11) is 1.96. The van der Waals surface area contributed by atoms with Crippen molar-refractivity contribution < 1.29 is 4.39 Å². The highest BCUT2D eigenvalue weighted by Crippen LogP contribution is 2.33. The molecule has 0 saturated carbocycles. The van der Waals surface area contributed by atoms with Crippen LogP contribution in [0.2, 0.25) is 0 Å². The molecular formula is C22H25FN4. The summed E-state index contributed by atoms with van der Waals surface area (Å²) in [4.78, 5) is 6.66. The minimum Gasteiger partial charge on any atom is -0.354 e. The van der Waals surface area contributed by atoms with Gasteiger partial charge in [-0.25, -0.2) is 9.37 Å². The van der Waals surface area contributed by atoms with E-state index in [0.717, 1.165) is 28.8 Å². The number of rotatable bonds is 5. The van der Waals surface area contributed by atoms with Crippen molar-refractivity contribution in [3.05, 3.63) is 58.7 Å². The normalized spacial score (nSPS) is 11.2. The number of nitrogens with zero attached hydrogens (tertiary/aromatic N) is 4. The molecule has 0 bridgehead atoms. The van der Waals surface area contributed by atoms with Crippen molar-refractivity contribution in [1.82, 2.24) is 9.55 Å². The third-order valence-electron chi connectivity index (χ3n) is 4.95. The largest absolute Gasteiger partial charge is 0.354 e. The molecule has 0 unspecified atom stereocenters. The molecule has 0 fully saturated rings. The maximum absolute atomic E-state index is 13.2. The number of benzene rings is 1. The second-order valence-corrected chi connectivity index (χ2v) is 7.54. The Hall–Kier alpha value is -2.87. The van der Waals surface area contributed by atoms with Gasteiger partial charge in [-0.05, 0) is 49.1 Å². The highest BCUT2D eigenvalue weighted by Gasteiger charge is 2.20. The summed E-state index contributed by atoms with van der Waals surface area (Å²) < 4.78 is 15.5. The van der Waals surface area contributed by atoms with Crippen LogP contribution in [0.5, 0.6) is 0 Å². The van der Waals surface area contributed by atoms with E-state index in [-0.39, 0.29) is 5.82 Å². The molecule has 4 nitrogen and oxygen atoms in total. The molecular weight excluding hydrogens is 339 g/mol. The number of aryl methyl sites for hydroxylation is 1. The lowest BCUT2D eigenvalue weighted by Crippen LogP contribution is -2.20. The first-order valence-electron chi connectivity index (χ1n) is 9.18. The Morgan fingerprint density at radius 1 is 1.22 bits per heavy atom. The summed E-state index contributed by atoms with van der Waals surface area (Å²) in [6.07, 6.45) is 0. The fourth-order valence-electron chi connectivity index (χ4n) is 3.50. The Bertz CT molecular complexity index is 1010. The van der Waals surface area contributed by atoms with Gasteiger partial charge in [0.15, 0.2) is 5.82 Å². The highest BCUT2D eigenvalue weighted by molar-refractivity contribution is 5.94. The minimum atomic E-state index is -0.245. The van der Waals surface area contributed by atoms with E-state index in [4.69, 9.17) is 0 Å². The van der Waals surface area contributed by atoms with E-state index < -0.39 is 0 Å². The van der Waals surface area contributed by atoms with E-state index >= 15 is 0 Å². The Labute approximate surface area is 159 Å². The van der Waals surface area contributed by atoms with Gasteiger partial charge < -0.3 is 9.47 Å². The van der Waals surface area contributed by atoms with Crippen LogP contribution in [-0.2, 0) is 13.1 Å². The number of halogens is 1. The Morgan fingerprint density at radius 2 is 1.89 bits per heavy atom. The molecule has 0 aliphatic carbocycles. The molecule has 0 spiro atoms. The molecule has 27 heavy (non-hydrogen) atoms. The second-order valence-electron chi connectivity index (χ2n) is 7.54. The number of hydrogen-bond donors (Lipinski definition) is 0. The number of fused-ring (bicyclic) bond motifs is 1. The van der Waals surface area contributed by atoms with Gasteiger partial charge in [0.25, 0.3) is 0 Å². The first kappa shape index (κ1) is 18.9. The van der Waals surface area contributed by atoms with E-state index in [1.54, 1.807) is 12.1 Å². The smallest absolute Gasteiger partial charge is 0.154 e. The van der Waals surface area contributed by atoms with E-state index in [2.05, 4.69) is 43.3 Å². The van der Waals surface area contributed by atoms with Crippen molar-refractivity contribution in [3.63, 3.8) is 0 Å². The lowest BCUT2D eigenvalue weighted by molar-refractivity contribution is 0.526. The van der Waals surface area contributed by atoms with Crippen LogP contribution in [0, 0.1) is 36.9 Å². The van der Waals surface area contributed by atoms with Crippen molar-refractivity contribution in [2.45, 2.75) is 40.8 Å². The predicted octanol–water partition coefficient (Wildman–Crippen LogP) is 4.96. The maximum Gasteiger partial charge on any atom is 0.154 e. The van der Waals surface area contributed by atoms with Gasteiger partial charge in [0.2, 0.25) is 0 Å². The van der Waals surface area contributed by atoms with Crippen LogP contribution in [-0.4, -0.2) is 16.6 Å². The van der Waals surface area contributed by atoms with Gasteiger partial charge in [0, 0.05) is 31.2 Å². The average molecular weight is 364 g/mol. The maximum atomic E-state index is 13.2. The van der Waals surface area contributed by atoms with Crippen molar-refractivity contribution in [2.24, 2.45) is 5.92 Å². The fourth-order valence-corrected chi connectivity index (χ4v) is 3.50. The molecule has 5 heteroatoms. The molecule has 2 heterocycles. The molecule has 0 amide bonds. The van der Waals surface area contributed by atoms with Crippen LogP contribution in [0.15, 0.2) is 30.3 Å². The molecule has 0 saturated heterocycles. The first-order valence-corrected chi connectivity index (χ1v) is 9.18. The van der Waals surface area contributed by atoms with Crippen molar-refractivity contribution in [1.29, 1.82) is 5.26 Å². The van der Waals surface area contributed by atoms with Crippen LogP contribution < -0.4 is 4.90 Å². The molecule has 0 N–H and O–H groups in total. The highest BCUT2D eigenvalue weighted by atomic mass is 19.1. The first-order chi connectivity index (χ1) is 12.8. The summed E-state index contributed by atoms with van der Waals surface area (Å²) in [5, 5.41) is 10.5. The van der Waals surface area contributed by atoms with Crippen molar-refractivity contribution >= 4 is 16.7 Å². The SMILES string of the molecule is Cc1c(C)n(CC(C)C)c2c(N(C)Cc3ccc(F)cc3)nc(C#N)cc12. The second kappa shape index (κ2) is 7.40. The van der Waals surface area contributed by atoms with Crippen LogP contribution in [0.25, 0.3) is 10.9 Å². The van der Waals surface area contributed by atoms with E-state index in [0.29, 0.717) is 18.2 Å². The van der Waals surface area contributed by atoms with Gasteiger partial charge in [-0.2, -0.15) is 5.26 Å². The topological polar surface area (TPSA) is 44.9 Å². The lowest BCUT2D eigenvalue weighted by atomic mass is 10.1. The van der Waals surface area contributed by atoms with Crippen molar-refractivity contribution in [2.75, 3.05) is 11.9 Å². The van der Waals surface area contributed by atoms with Gasteiger partial charge in [-0.15, -0.1) is 0 Å². The van der Waals surface area contributed by atoms with Gasteiger partial charge in [0.1, 0.15) is 17.6 Å². The summed E-state index contributed by atoms with van der Waals surface area (Å²) in [5.41, 5.74) is 4.84. The Kier molecular flexibility index (Phi) is 5.18. The summed E-state index contributed by atoms with van der Waals surface area (Å²) in [6, 6.07) is 10.6. The third-order valence-corrected chi connectivity index (χ3v) is 4.95. The van der Waals surface area contributed by atoms with Gasteiger partial charge in [0.05, 0.1) is 5.52 Å². The molecule has 2 aromatic heterocycles. The molecule has 0 aliphatic heterocycles. The Morgan fingerprint density at radius 3 is 2.48 bits per heavy atom. The molecule has 0 atom stereocenters. The summed E-state index contributed by atoms with van der Waals surface area (Å²) in [6.45, 7) is 10.1. The fraction of sp³-hybridized carbons (Fsp3) is 0.364. The van der Waals surface area contributed by atoms with E-state index in [9.17, 15) is 9.65 Å². The average Bonchev–Trinajstić information content (AvgIpc) is 2.87. The van der Waals surface area contributed by atoms with Gasteiger partial charge in [-0.1, -0.05) is 26.0 Å². The standard InChI is InChI=1S/C22H25FN4/c1-14(2)12-27-16(4)15(3)20-10-19(11-24)25-22(21(20)27)26(5)13-17-6-8-18(23)9-7-17/h6-10,14H,12-13H2,1-5H3. The molecule has 0 aliphatic rings. The molecule has 0 radical (unpaired) electrons. The van der Waals surface area contributed by atoms with Crippen molar-refractivity contribution in [3.8, 4) is 6.07 Å². The molecule has 3 aromatic rings. The molecule has 1 aromatic carbocycles. The monoisotopic (exact) mass is 364 g/mol. The number of nitriles is 1. The van der Waals surface area contributed by atoms with Crippen LogP contribution in [0.4, 0.5) is 10.2 Å². The number of pyridine rings is 1. The van der Waals surface area contributed by atoms with E-state index in [1.165, 1.54) is 23.4 Å². The van der Waals surface area contributed by atoms with Crippen LogP contribution >= 0.6 is 0 Å². The number of anilines is 1. The number of hydrogen-bond acceptors (Lipinski definition) is 3. The quantitative estimate of drug-likeness (QED) is 0.643. The lowest BCUT2D eigenvalue weighted by Gasteiger charge is -2.22. The number of aromatic nitrogens is 2. The Balaban J connectivity index is 2.16. The minimum absolute atomic E-state index is 0.245. The van der Waals surface area contributed by atoms with Gasteiger partial charge in [-0.3, -0.25) is 0 Å². The predicted molar refractivity (Wildman–Crippen MR) is 107 cm³/mol. The summed E-state index contributed by atoms with van der Waals surface area (Å²) in [5.74, 6) is 1.03. The van der Waals surface area contributed by atoms with Crippen LogP contribution in [0.1, 0.15) is 36.4 Å². The zero-order chi connectivity index (χ0) is 19.7. The van der Waals surface area contributed by atoms with Gasteiger partial charge >= 0.3 is 0 Å². The third kappa shape index (κ3) is 3.66. The zero-order valence-corrected chi connectivity index (χ0v) is 16.5. The molecule has 3 rings (SSSR count). The van der Waals surface area contributed by atoms with Crippen LogP contribution in [0.3, 0.4) is 0 Å².